The summed E-state index contributed by atoms with van der Waals surface area (Å²) in [5.74, 6) is 0.863. The van der Waals surface area contributed by atoms with Crippen LogP contribution in [0.15, 0.2) is 54.9 Å². The molecule has 2 heterocycles. The fraction of sp³-hybridized carbons (Fsp3) is 0.167. The molecule has 0 aliphatic carbocycles. The first-order chi connectivity index (χ1) is 10.3. The summed E-state index contributed by atoms with van der Waals surface area (Å²) in [4.78, 5) is 13.3. The Bertz CT molecular complexity index is 766. The van der Waals surface area contributed by atoms with Gasteiger partial charge >= 0.3 is 0 Å². The highest BCUT2D eigenvalue weighted by Gasteiger charge is 2.06. The Kier molecular flexibility index (Phi) is 3.73. The standard InChI is InChI=1S/C18H17N3/c1-3-18-20-11-9-16(21-18)14-8-10-19-17(12-14)15-7-5-4-6-13(15)2/h4-12H,3H2,1-2H3. The van der Waals surface area contributed by atoms with E-state index in [9.17, 15) is 0 Å². The lowest BCUT2D eigenvalue weighted by atomic mass is 10.0. The molecule has 3 nitrogen and oxygen atoms in total. The highest BCUT2D eigenvalue weighted by Crippen LogP contribution is 2.25. The van der Waals surface area contributed by atoms with Gasteiger partial charge in [0.15, 0.2) is 0 Å². The SMILES string of the molecule is CCc1nccc(-c2ccnc(-c3ccccc3C)c2)n1. The van der Waals surface area contributed by atoms with Crippen molar-refractivity contribution in [3.63, 3.8) is 0 Å². The molecule has 3 rings (SSSR count). The van der Waals surface area contributed by atoms with E-state index >= 15 is 0 Å². The van der Waals surface area contributed by atoms with Crippen molar-refractivity contribution in [2.24, 2.45) is 0 Å². The largest absolute Gasteiger partial charge is 0.256 e. The minimum absolute atomic E-state index is 0.837. The Labute approximate surface area is 124 Å². The lowest BCUT2D eigenvalue weighted by molar-refractivity contribution is 0.943. The average Bonchev–Trinajstić information content (AvgIpc) is 2.55. The molecule has 3 heteroatoms. The summed E-state index contributed by atoms with van der Waals surface area (Å²) in [5.41, 5.74) is 5.37. The first-order valence-corrected chi connectivity index (χ1v) is 7.12. The van der Waals surface area contributed by atoms with Crippen LogP contribution in [-0.4, -0.2) is 15.0 Å². The zero-order valence-electron chi connectivity index (χ0n) is 12.2. The summed E-state index contributed by atoms with van der Waals surface area (Å²) < 4.78 is 0. The van der Waals surface area contributed by atoms with Crippen molar-refractivity contribution in [1.82, 2.24) is 15.0 Å². The quantitative estimate of drug-likeness (QED) is 0.723. The summed E-state index contributed by atoms with van der Waals surface area (Å²) in [5, 5.41) is 0. The lowest BCUT2D eigenvalue weighted by Gasteiger charge is -2.07. The number of hydrogen-bond acceptors (Lipinski definition) is 3. The van der Waals surface area contributed by atoms with Gasteiger partial charge < -0.3 is 0 Å². The molecular formula is C18H17N3. The summed E-state index contributed by atoms with van der Waals surface area (Å²) in [7, 11) is 0. The second-order valence-electron chi connectivity index (χ2n) is 4.96. The molecule has 0 fully saturated rings. The third-order valence-electron chi connectivity index (χ3n) is 3.50. The van der Waals surface area contributed by atoms with E-state index in [1.54, 1.807) is 0 Å². The van der Waals surface area contributed by atoms with E-state index in [0.717, 1.165) is 34.8 Å². The van der Waals surface area contributed by atoms with Crippen LogP contribution in [0.2, 0.25) is 0 Å². The van der Waals surface area contributed by atoms with Crippen molar-refractivity contribution in [1.29, 1.82) is 0 Å². The van der Waals surface area contributed by atoms with Gasteiger partial charge in [0.1, 0.15) is 5.82 Å². The van der Waals surface area contributed by atoms with E-state index in [-0.39, 0.29) is 0 Å². The van der Waals surface area contributed by atoms with Crippen LogP contribution < -0.4 is 0 Å². The number of pyridine rings is 1. The molecule has 0 unspecified atom stereocenters. The smallest absolute Gasteiger partial charge is 0.128 e. The third-order valence-corrected chi connectivity index (χ3v) is 3.50. The van der Waals surface area contributed by atoms with E-state index in [1.807, 2.05) is 36.7 Å². The normalized spacial score (nSPS) is 10.6. The molecule has 21 heavy (non-hydrogen) atoms. The Hall–Kier alpha value is -2.55. The van der Waals surface area contributed by atoms with Crippen molar-refractivity contribution in [3.8, 4) is 22.5 Å². The molecule has 0 aliphatic heterocycles. The van der Waals surface area contributed by atoms with Gasteiger partial charge in [-0.3, -0.25) is 4.98 Å². The lowest BCUT2D eigenvalue weighted by Crippen LogP contribution is -1.95. The van der Waals surface area contributed by atoms with Gasteiger partial charge in [-0.25, -0.2) is 9.97 Å². The number of aryl methyl sites for hydroxylation is 2. The topological polar surface area (TPSA) is 38.7 Å². The van der Waals surface area contributed by atoms with E-state index in [0.29, 0.717) is 0 Å². The van der Waals surface area contributed by atoms with E-state index in [1.165, 1.54) is 5.56 Å². The Morgan fingerprint density at radius 3 is 2.52 bits per heavy atom. The van der Waals surface area contributed by atoms with E-state index in [2.05, 4.69) is 47.0 Å². The highest BCUT2D eigenvalue weighted by atomic mass is 14.9. The van der Waals surface area contributed by atoms with Gasteiger partial charge in [-0.15, -0.1) is 0 Å². The van der Waals surface area contributed by atoms with Gasteiger partial charge in [0.05, 0.1) is 11.4 Å². The molecule has 0 saturated carbocycles. The number of benzene rings is 1. The summed E-state index contributed by atoms with van der Waals surface area (Å²) >= 11 is 0. The average molecular weight is 275 g/mol. The van der Waals surface area contributed by atoms with Crippen LogP contribution in [-0.2, 0) is 6.42 Å². The fourth-order valence-electron chi connectivity index (χ4n) is 2.33. The van der Waals surface area contributed by atoms with Crippen LogP contribution in [0, 0.1) is 6.92 Å². The van der Waals surface area contributed by atoms with Gasteiger partial charge in [-0.1, -0.05) is 31.2 Å². The Morgan fingerprint density at radius 1 is 0.905 bits per heavy atom. The number of nitrogens with zero attached hydrogens (tertiary/aromatic N) is 3. The Morgan fingerprint density at radius 2 is 1.71 bits per heavy atom. The molecule has 104 valence electrons. The van der Waals surface area contributed by atoms with Crippen LogP contribution in [0.1, 0.15) is 18.3 Å². The van der Waals surface area contributed by atoms with Gasteiger partial charge in [-0.2, -0.15) is 0 Å². The summed E-state index contributed by atoms with van der Waals surface area (Å²) in [6.45, 7) is 4.16. The number of rotatable bonds is 3. The molecule has 0 N–H and O–H groups in total. The van der Waals surface area contributed by atoms with Crippen molar-refractivity contribution in [3.05, 3.63) is 66.2 Å². The van der Waals surface area contributed by atoms with Crippen molar-refractivity contribution in [2.75, 3.05) is 0 Å². The predicted octanol–water partition coefficient (Wildman–Crippen LogP) is 4.08. The molecule has 3 aromatic rings. The maximum absolute atomic E-state index is 4.58. The van der Waals surface area contributed by atoms with Gasteiger partial charge in [-0.05, 0) is 30.7 Å². The van der Waals surface area contributed by atoms with Gasteiger partial charge in [0, 0.05) is 29.9 Å². The predicted molar refractivity (Wildman–Crippen MR) is 84.8 cm³/mol. The summed E-state index contributed by atoms with van der Waals surface area (Å²) in [6, 6.07) is 14.3. The fourth-order valence-corrected chi connectivity index (χ4v) is 2.33. The van der Waals surface area contributed by atoms with Crippen LogP contribution in [0.25, 0.3) is 22.5 Å². The molecule has 1 aromatic carbocycles. The van der Waals surface area contributed by atoms with Crippen molar-refractivity contribution >= 4 is 0 Å². The zero-order valence-corrected chi connectivity index (χ0v) is 12.2. The molecule has 0 atom stereocenters. The molecular weight excluding hydrogens is 258 g/mol. The first kappa shape index (κ1) is 13.4. The van der Waals surface area contributed by atoms with Crippen molar-refractivity contribution in [2.45, 2.75) is 20.3 Å². The second kappa shape index (κ2) is 5.83. The molecule has 2 aromatic heterocycles. The Balaban J connectivity index is 2.06. The number of aromatic nitrogens is 3. The maximum Gasteiger partial charge on any atom is 0.128 e. The van der Waals surface area contributed by atoms with Crippen LogP contribution >= 0.6 is 0 Å². The van der Waals surface area contributed by atoms with E-state index in [4.69, 9.17) is 0 Å². The maximum atomic E-state index is 4.58. The minimum Gasteiger partial charge on any atom is -0.256 e. The zero-order chi connectivity index (χ0) is 14.7. The van der Waals surface area contributed by atoms with Crippen LogP contribution in [0.5, 0.6) is 0 Å². The number of hydrogen-bond donors (Lipinski definition) is 0. The minimum atomic E-state index is 0.837. The molecule has 0 radical (unpaired) electrons. The highest BCUT2D eigenvalue weighted by molar-refractivity contribution is 5.70. The molecule has 0 bridgehead atoms. The van der Waals surface area contributed by atoms with Crippen molar-refractivity contribution < 1.29 is 0 Å². The van der Waals surface area contributed by atoms with Gasteiger partial charge in [0.25, 0.3) is 0 Å². The second-order valence-corrected chi connectivity index (χ2v) is 4.96. The van der Waals surface area contributed by atoms with Crippen LogP contribution in [0.3, 0.4) is 0 Å². The molecule has 0 saturated heterocycles. The molecule has 0 aliphatic rings. The molecule has 0 amide bonds. The summed E-state index contributed by atoms with van der Waals surface area (Å²) in [6.07, 6.45) is 4.49. The first-order valence-electron chi connectivity index (χ1n) is 7.12. The van der Waals surface area contributed by atoms with E-state index < -0.39 is 0 Å². The van der Waals surface area contributed by atoms with Crippen LogP contribution in [0.4, 0.5) is 0 Å². The monoisotopic (exact) mass is 275 g/mol. The third kappa shape index (κ3) is 2.82. The van der Waals surface area contributed by atoms with Gasteiger partial charge in [0.2, 0.25) is 0 Å². The molecule has 0 spiro atoms.